The van der Waals surface area contributed by atoms with Crippen molar-refractivity contribution in [2.75, 3.05) is 0 Å². The summed E-state index contributed by atoms with van der Waals surface area (Å²) in [4.78, 5) is 11.2. The lowest BCUT2D eigenvalue weighted by Crippen LogP contribution is -2.09. The van der Waals surface area contributed by atoms with Gasteiger partial charge in [-0.25, -0.2) is 0 Å². The van der Waals surface area contributed by atoms with E-state index in [9.17, 15) is 18.0 Å². The fourth-order valence-electron chi connectivity index (χ4n) is 1.53. The van der Waals surface area contributed by atoms with Crippen LogP contribution in [0.15, 0.2) is 23.1 Å². The number of benzene rings is 1. The van der Waals surface area contributed by atoms with E-state index in [1.54, 1.807) is 0 Å². The van der Waals surface area contributed by atoms with Gasteiger partial charge in [-0.1, -0.05) is 12.1 Å². The molecule has 0 heterocycles. The van der Waals surface area contributed by atoms with Crippen molar-refractivity contribution in [1.82, 2.24) is 0 Å². The lowest BCUT2D eigenvalue weighted by atomic mass is 10.0. The van der Waals surface area contributed by atoms with E-state index in [-0.39, 0.29) is 28.6 Å². The van der Waals surface area contributed by atoms with Gasteiger partial charge >= 0.3 is 5.51 Å². The molecule has 0 aliphatic rings. The minimum atomic E-state index is -4.48. The van der Waals surface area contributed by atoms with E-state index in [1.807, 2.05) is 6.07 Å². The molecular weight excluding hydrogens is 299 g/mol. The monoisotopic (exact) mass is 307 g/mol. The average Bonchev–Trinajstić information content (AvgIpc) is 2.26. The summed E-state index contributed by atoms with van der Waals surface area (Å²) in [6.45, 7) is 1.20. The van der Waals surface area contributed by atoms with Gasteiger partial charge in [-0.15, -0.1) is 11.6 Å². The Kier molecular flexibility index (Phi) is 5.27. The summed E-state index contributed by atoms with van der Waals surface area (Å²) in [5.74, 6) is -0.462. The van der Waals surface area contributed by atoms with Gasteiger partial charge in [-0.2, -0.15) is 18.4 Å². The van der Waals surface area contributed by atoms with Crippen LogP contribution >= 0.6 is 23.4 Å². The maximum absolute atomic E-state index is 12.5. The fourth-order valence-corrected chi connectivity index (χ4v) is 2.61. The molecule has 0 radical (unpaired) electrons. The van der Waals surface area contributed by atoms with E-state index >= 15 is 0 Å². The van der Waals surface area contributed by atoms with Gasteiger partial charge in [-0.05, 0) is 35.9 Å². The molecule has 19 heavy (non-hydrogen) atoms. The van der Waals surface area contributed by atoms with Crippen molar-refractivity contribution in [3.63, 3.8) is 0 Å². The largest absolute Gasteiger partial charge is 0.446 e. The fraction of sp³-hybridized carbons (Fsp3) is 0.333. The average molecular weight is 308 g/mol. The second-order valence-corrected chi connectivity index (χ2v) is 5.23. The first-order chi connectivity index (χ1) is 8.76. The Bertz CT molecular complexity index is 525. The number of thioether (sulfide) groups is 1. The molecule has 0 amide bonds. The Morgan fingerprint density at radius 3 is 2.63 bits per heavy atom. The third-order valence-corrected chi connectivity index (χ3v) is 3.59. The van der Waals surface area contributed by atoms with Crippen molar-refractivity contribution in [2.24, 2.45) is 0 Å². The molecule has 2 nitrogen and oxygen atoms in total. The van der Waals surface area contributed by atoms with Crippen LogP contribution in [0.1, 0.15) is 23.4 Å². The van der Waals surface area contributed by atoms with Gasteiger partial charge in [0.25, 0.3) is 0 Å². The zero-order valence-corrected chi connectivity index (χ0v) is 11.4. The number of rotatable bonds is 4. The maximum Gasteiger partial charge on any atom is 0.446 e. The van der Waals surface area contributed by atoms with Gasteiger partial charge in [0.1, 0.15) is 5.38 Å². The number of hydrogen-bond donors (Lipinski definition) is 0. The summed E-state index contributed by atoms with van der Waals surface area (Å²) in [7, 11) is 0. The molecule has 0 aliphatic carbocycles. The molecule has 1 aromatic rings. The second kappa shape index (κ2) is 6.31. The minimum absolute atomic E-state index is 0.0699. The highest BCUT2D eigenvalue weighted by atomic mass is 35.5. The predicted molar refractivity (Wildman–Crippen MR) is 66.9 cm³/mol. The van der Waals surface area contributed by atoms with Crippen molar-refractivity contribution in [3.8, 4) is 6.07 Å². The first-order valence-corrected chi connectivity index (χ1v) is 6.40. The molecule has 1 atom stereocenters. The van der Waals surface area contributed by atoms with Gasteiger partial charge < -0.3 is 0 Å². The number of nitriles is 1. The number of ketones is 1. The maximum atomic E-state index is 12.5. The smallest absolute Gasteiger partial charge is 0.298 e. The molecular formula is C12H9ClF3NOS. The van der Waals surface area contributed by atoms with Crippen LogP contribution in [0.3, 0.4) is 0 Å². The summed E-state index contributed by atoms with van der Waals surface area (Å²) in [6.07, 6.45) is -0.0991. The van der Waals surface area contributed by atoms with Crippen LogP contribution in [0.2, 0.25) is 0 Å². The van der Waals surface area contributed by atoms with Gasteiger partial charge in [0.05, 0.1) is 12.5 Å². The third kappa shape index (κ3) is 4.44. The van der Waals surface area contributed by atoms with E-state index in [1.165, 1.54) is 25.1 Å². The van der Waals surface area contributed by atoms with Crippen LogP contribution in [0.25, 0.3) is 0 Å². The number of hydrogen-bond acceptors (Lipinski definition) is 3. The van der Waals surface area contributed by atoms with E-state index in [0.717, 1.165) is 0 Å². The number of halogens is 4. The highest BCUT2D eigenvalue weighted by Gasteiger charge is 2.32. The summed E-state index contributed by atoms with van der Waals surface area (Å²) >= 11 is 5.54. The van der Waals surface area contributed by atoms with Gasteiger partial charge in [-0.3, -0.25) is 4.79 Å². The summed E-state index contributed by atoms with van der Waals surface area (Å²) < 4.78 is 37.4. The van der Waals surface area contributed by atoms with E-state index in [4.69, 9.17) is 16.9 Å². The van der Waals surface area contributed by atoms with Crippen molar-refractivity contribution >= 4 is 29.1 Å². The van der Waals surface area contributed by atoms with Gasteiger partial charge in [0.2, 0.25) is 0 Å². The molecule has 0 aromatic heterocycles. The Hall–Kier alpha value is -1.19. The highest BCUT2D eigenvalue weighted by Crippen LogP contribution is 2.42. The molecule has 0 spiro atoms. The lowest BCUT2D eigenvalue weighted by molar-refractivity contribution is -0.116. The Morgan fingerprint density at radius 1 is 1.53 bits per heavy atom. The highest BCUT2D eigenvalue weighted by molar-refractivity contribution is 8.00. The summed E-state index contributed by atoms with van der Waals surface area (Å²) in [5, 5.41) is 7.50. The molecule has 0 fully saturated rings. The van der Waals surface area contributed by atoms with Gasteiger partial charge in [0.15, 0.2) is 5.78 Å². The number of Topliss-reactive ketones (excluding diaryl/α,β-unsaturated/α-hetero) is 1. The van der Waals surface area contributed by atoms with Crippen LogP contribution in [0.4, 0.5) is 13.2 Å². The van der Waals surface area contributed by atoms with Crippen molar-refractivity contribution in [3.05, 3.63) is 29.3 Å². The Balaban J connectivity index is 3.34. The Morgan fingerprint density at radius 2 is 2.16 bits per heavy atom. The first-order valence-electron chi connectivity index (χ1n) is 5.15. The number of alkyl halides is 4. The molecule has 1 unspecified atom stereocenters. The molecule has 102 valence electrons. The number of carbonyl (C=O) groups excluding carboxylic acids is 1. The normalized spacial score (nSPS) is 12.8. The van der Waals surface area contributed by atoms with E-state index in [2.05, 4.69) is 0 Å². The van der Waals surface area contributed by atoms with E-state index in [0.29, 0.717) is 5.56 Å². The van der Waals surface area contributed by atoms with Crippen LogP contribution < -0.4 is 0 Å². The second-order valence-electron chi connectivity index (χ2n) is 3.68. The van der Waals surface area contributed by atoms with Crippen LogP contribution in [0, 0.1) is 11.3 Å². The molecule has 1 aromatic carbocycles. The molecule has 0 saturated heterocycles. The molecule has 0 N–H and O–H groups in total. The zero-order chi connectivity index (χ0) is 14.6. The molecule has 7 heteroatoms. The minimum Gasteiger partial charge on any atom is -0.298 e. The lowest BCUT2D eigenvalue weighted by Gasteiger charge is -2.16. The molecule has 0 bridgehead atoms. The molecule has 0 aliphatic heterocycles. The number of nitrogens with zero attached hydrogens (tertiary/aromatic N) is 1. The van der Waals surface area contributed by atoms with Crippen molar-refractivity contribution in [1.29, 1.82) is 5.26 Å². The van der Waals surface area contributed by atoms with Crippen molar-refractivity contribution in [2.45, 2.75) is 29.1 Å². The van der Waals surface area contributed by atoms with Gasteiger partial charge in [0, 0.05) is 4.90 Å². The van der Waals surface area contributed by atoms with E-state index < -0.39 is 16.7 Å². The van der Waals surface area contributed by atoms with Crippen LogP contribution in [0.5, 0.6) is 0 Å². The first kappa shape index (κ1) is 15.9. The SMILES string of the molecule is CC(=O)C(Cl)c1c(CC#N)cccc1SC(F)(F)F. The third-order valence-electron chi connectivity index (χ3n) is 2.26. The summed E-state index contributed by atoms with van der Waals surface area (Å²) in [5.41, 5.74) is -4.07. The Labute approximate surface area is 117 Å². The topological polar surface area (TPSA) is 40.9 Å². The number of carbonyl (C=O) groups is 1. The predicted octanol–water partition coefficient (Wildman–Crippen LogP) is 4.23. The molecule has 0 saturated carbocycles. The van der Waals surface area contributed by atoms with Crippen molar-refractivity contribution < 1.29 is 18.0 Å². The standard InChI is InChI=1S/C12H9ClF3NOS/c1-7(18)11(13)10-8(5-6-17)3-2-4-9(10)19-12(14,15)16/h2-4,11H,5H2,1H3. The zero-order valence-electron chi connectivity index (χ0n) is 9.79. The van der Waals surface area contributed by atoms with Crippen LogP contribution in [-0.4, -0.2) is 11.3 Å². The quantitative estimate of drug-likeness (QED) is 0.617. The van der Waals surface area contributed by atoms with Crippen LogP contribution in [-0.2, 0) is 11.2 Å². The molecule has 1 rings (SSSR count). The summed E-state index contributed by atoms with van der Waals surface area (Å²) in [6, 6.07) is 6.00.